The number of carbonyl (C=O) groups excluding carboxylic acids is 1. The van der Waals surface area contributed by atoms with Crippen LogP contribution < -0.4 is 14.5 Å². The lowest BCUT2D eigenvalue weighted by Crippen LogP contribution is -2.46. The molecule has 1 aliphatic rings. The van der Waals surface area contributed by atoms with Crippen molar-refractivity contribution >= 4 is 87.1 Å². The van der Waals surface area contributed by atoms with Gasteiger partial charge in [0, 0.05) is 48.5 Å². The van der Waals surface area contributed by atoms with Gasteiger partial charge in [-0.3, -0.25) is 9.52 Å². The second kappa shape index (κ2) is 14.1. The predicted octanol–water partition coefficient (Wildman–Crippen LogP) is 5.84. The van der Waals surface area contributed by atoms with Gasteiger partial charge in [0.25, 0.3) is 10.0 Å². The fourth-order valence-corrected chi connectivity index (χ4v) is 5.87. The first-order valence-electron chi connectivity index (χ1n) is 12.5. The number of anilines is 3. The Morgan fingerprint density at radius 3 is 2.10 bits per heavy atom. The van der Waals surface area contributed by atoms with E-state index in [1.807, 2.05) is 42.2 Å². The van der Waals surface area contributed by atoms with Gasteiger partial charge in [0.1, 0.15) is 5.82 Å². The van der Waals surface area contributed by atoms with E-state index < -0.39 is 16.0 Å². The average Bonchev–Trinajstić information content (AvgIpc) is 2.92. The van der Waals surface area contributed by atoms with Gasteiger partial charge < -0.3 is 14.9 Å². The standard InChI is InChI=1S/C29H28N4O5S.3ClH/c1-19-4-3-5-24(16-19)39(37,38)31-22-8-11-27-25(17-22)26(29(35)36)18-28(30-27)33-14-12-32(13-15-33)23-9-6-21(7-10-23)20(2)34;;;/h3-11,16-18,31H,12-15H2,1-2H3,(H,35,36);3*1H. The maximum Gasteiger partial charge on any atom is 0.336 e. The molecule has 2 heterocycles. The third-order valence-corrected chi connectivity index (χ3v) is 8.20. The molecule has 0 amide bonds. The Labute approximate surface area is 263 Å². The summed E-state index contributed by atoms with van der Waals surface area (Å²) in [5.41, 5.74) is 3.28. The number of pyridine rings is 1. The lowest BCUT2D eigenvalue weighted by molar-refractivity contribution is 0.0698. The highest BCUT2D eigenvalue weighted by Crippen LogP contribution is 2.28. The topological polar surface area (TPSA) is 120 Å². The zero-order valence-electron chi connectivity index (χ0n) is 22.8. The Bertz CT molecular complexity index is 1690. The van der Waals surface area contributed by atoms with E-state index in [0.29, 0.717) is 48.5 Å². The number of Topliss-reactive ketones (excluding diaryl/α,β-unsaturated/α-hetero) is 1. The zero-order valence-corrected chi connectivity index (χ0v) is 26.1. The molecule has 42 heavy (non-hydrogen) atoms. The van der Waals surface area contributed by atoms with Gasteiger partial charge in [-0.25, -0.2) is 18.2 Å². The molecular formula is C29H31Cl3N4O5S. The molecule has 0 aliphatic carbocycles. The van der Waals surface area contributed by atoms with E-state index in [2.05, 4.69) is 9.62 Å². The van der Waals surface area contributed by atoms with E-state index >= 15 is 0 Å². The van der Waals surface area contributed by atoms with Crippen molar-refractivity contribution in [1.82, 2.24) is 4.98 Å². The first-order chi connectivity index (χ1) is 18.6. The number of piperazine rings is 1. The molecule has 1 aliphatic heterocycles. The molecule has 13 heteroatoms. The summed E-state index contributed by atoms with van der Waals surface area (Å²) < 4.78 is 28.3. The number of fused-ring (bicyclic) bond motifs is 1. The number of sulfonamides is 1. The number of nitrogens with one attached hydrogen (secondary N) is 1. The van der Waals surface area contributed by atoms with Gasteiger partial charge in [0.15, 0.2) is 5.78 Å². The molecule has 0 saturated carbocycles. The predicted molar refractivity (Wildman–Crippen MR) is 173 cm³/mol. The summed E-state index contributed by atoms with van der Waals surface area (Å²) in [4.78, 5) is 32.8. The molecule has 9 nitrogen and oxygen atoms in total. The number of nitrogens with zero attached hydrogens (tertiary/aromatic N) is 3. The van der Waals surface area contributed by atoms with Crippen molar-refractivity contribution in [2.45, 2.75) is 18.7 Å². The summed E-state index contributed by atoms with van der Waals surface area (Å²) in [6.07, 6.45) is 0. The molecule has 0 atom stereocenters. The number of carboxylic acids is 1. The third-order valence-electron chi connectivity index (χ3n) is 6.82. The van der Waals surface area contributed by atoms with Crippen molar-refractivity contribution < 1.29 is 23.1 Å². The van der Waals surface area contributed by atoms with Gasteiger partial charge in [-0.05, 0) is 80.1 Å². The van der Waals surface area contributed by atoms with E-state index in [9.17, 15) is 23.1 Å². The molecule has 1 fully saturated rings. The molecule has 0 unspecified atom stereocenters. The smallest absolute Gasteiger partial charge is 0.336 e. The maximum absolute atomic E-state index is 12.9. The fraction of sp³-hybridized carbons (Fsp3) is 0.207. The van der Waals surface area contributed by atoms with Crippen LogP contribution in [0.3, 0.4) is 0 Å². The largest absolute Gasteiger partial charge is 0.478 e. The molecule has 3 aromatic carbocycles. The minimum absolute atomic E-state index is 0. The summed E-state index contributed by atoms with van der Waals surface area (Å²) in [6, 6.07) is 20.3. The van der Waals surface area contributed by atoms with E-state index in [1.54, 1.807) is 37.3 Å². The van der Waals surface area contributed by atoms with Crippen LogP contribution in [0.4, 0.5) is 17.2 Å². The lowest BCUT2D eigenvalue weighted by Gasteiger charge is -2.37. The quantitative estimate of drug-likeness (QED) is 0.239. The van der Waals surface area contributed by atoms with Gasteiger partial charge in [0.2, 0.25) is 0 Å². The number of aryl methyl sites for hydroxylation is 1. The van der Waals surface area contributed by atoms with Crippen LogP contribution in [-0.2, 0) is 10.0 Å². The van der Waals surface area contributed by atoms with Gasteiger partial charge in [-0.1, -0.05) is 12.1 Å². The molecule has 0 radical (unpaired) electrons. The summed E-state index contributed by atoms with van der Waals surface area (Å²) >= 11 is 0. The van der Waals surface area contributed by atoms with Gasteiger partial charge in [-0.15, -0.1) is 37.2 Å². The Kier molecular flexibility index (Phi) is 11.6. The number of halogens is 3. The van der Waals surface area contributed by atoms with Crippen LogP contribution in [0, 0.1) is 6.92 Å². The molecule has 4 aromatic rings. The molecule has 224 valence electrons. The first-order valence-corrected chi connectivity index (χ1v) is 14.0. The summed E-state index contributed by atoms with van der Waals surface area (Å²) in [6.45, 7) is 6.05. The van der Waals surface area contributed by atoms with Crippen LogP contribution in [0.5, 0.6) is 0 Å². The molecule has 0 spiro atoms. The van der Waals surface area contributed by atoms with Crippen molar-refractivity contribution in [3.63, 3.8) is 0 Å². The molecular weight excluding hydrogens is 623 g/mol. The highest BCUT2D eigenvalue weighted by Gasteiger charge is 2.22. The average molecular weight is 654 g/mol. The Balaban J connectivity index is 0.00000205. The van der Waals surface area contributed by atoms with Crippen molar-refractivity contribution in [3.8, 4) is 0 Å². The highest BCUT2D eigenvalue weighted by molar-refractivity contribution is 7.92. The zero-order chi connectivity index (χ0) is 27.7. The van der Waals surface area contributed by atoms with Crippen molar-refractivity contribution in [1.29, 1.82) is 0 Å². The molecule has 5 rings (SSSR count). The summed E-state index contributed by atoms with van der Waals surface area (Å²) in [5, 5.41) is 10.3. The van der Waals surface area contributed by atoms with Crippen molar-refractivity contribution in [3.05, 3.63) is 89.5 Å². The summed E-state index contributed by atoms with van der Waals surface area (Å²) in [7, 11) is -3.85. The second-order valence-electron chi connectivity index (χ2n) is 9.56. The van der Waals surface area contributed by atoms with Crippen LogP contribution in [0.1, 0.15) is 33.2 Å². The molecule has 1 saturated heterocycles. The van der Waals surface area contributed by atoms with Crippen LogP contribution >= 0.6 is 37.2 Å². The minimum atomic E-state index is -3.85. The van der Waals surface area contributed by atoms with Crippen LogP contribution in [0.15, 0.2) is 77.7 Å². The van der Waals surface area contributed by atoms with Crippen LogP contribution in [0.2, 0.25) is 0 Å². The molecule has 2 N–H and O–H groups in total. The highest BCUT2D eigenvalue weighted by atomic mass is 35.5. The molecule has 1 aromatic heterocycles. The number of hydrogen-bond acceptors (Lipinski definition) is 7. The van der Waals surface area contributed by atoms with E-state index in [-0.39, 0.29) is 59.2 Å². The van der Waals surface area contributed by atoms with Crippen LogP contribution in [0.25, 0.3) is 10.9 Å². The number of aromatic carboxylic acids is 1. The monoisotopic (exact) mass is 652 g/mol. The number of benzene rings is 3. The Morgan fingerprint density at radius 2 is 1.50 bits per heavy atom. The number of carbonyl (C=O) groups is 2. The van der Waals surface area contributed by atoms with Crippen molar-refractivity contribution in [2.24, 2.45) is 0 Å². The Hall–Kier alpha value is -3.57. The third kappa shape index (κ3) is 7.43. The van der Waals surface area contributed by atoms with Gasteiger partial charge in [0.05, 0.1) is 16.0 Å². The van der Waals surface area contributed by atoms with Gasteiger partial charge >= 0.3 is 5.97 Å². The van der Waals surface area contributed by atoms with Crippen LogP contribution in [-0.4, -0.2) is 56.4 Å². The lowest BCUT2D eigenvalue weighted by atomic mass is 10.1. The molecule has 0 bridgehead atoms. The number of rotatable bonds is 7. The van der Waals surface area contributed by atoms with E-state index in [1.165, 1.54) is 12.1 Å². The van der Waals surface area contributed by atoms with E-state index in [0.717, 1.165) is 11.3 Å². The van der Waals surface area contributed by atoms with E-state index in [4.69, 9.17) is 4.98 Å². The number of hydrogen-bond donors (Lipinski definition) is 2. The SMILES string of the molecule is CC(=O)c1ccc(N2CCN(c3cc(C(=O)O)c4cc(NS(=O)(=O)c5cccc(C)c5)ccc4n3)CC2)cc1.Cl.Cl.Cl. The second-order valence-corrected chi connectivity index (χ2v) is 11.2. The maximum atomic E-state index is 12.9. The van der Waals surface area contributed by atoms with Gasteiger partial charge in [-0.2, -0.15) is 0 Å². The first kappa shape index (κ1) is 34.6. The van der Waals surface area contributed by atoms with Crippen molar-refractivity contribution in [2.75, 3.05) is 40.7 Å². The number of ketones is 1. The summed E-state index contributed by atoms with van der Waals surface area (Å²) in [5.74, 6) is -0.537. The number of carboxylic acid groups (broad SMARTS) is 1. The Morgan fingerprint density at radius 1 is 0.857 bits per heavy atom. The minimum Gasteiger partial charge on any atom is -0.478 e. The number of aromatic nitrogens is 1. The normalized spacial score (nSPS) is 12.9. The fourth-order valence-electron chi connectivity index (χ4n) is 4.71.